The number of nitriles is 1. The van der Waals surface area contributed by atoms with E-state index in [0.717, 1.165) is 5.56 Å². The monoisotopic (exact) mass is 362 g/mol. The topological polar surface area (TPSA) is 118 Å². The summed E-state index contributed by atoms with van der Waals surface area (Å²) in [5, 5.41) is 15.2. The summed E-state index contributed by atoms with van der Waals surface area (Å²) in [6.45, 7) is -0.160. The molecule has 8 nitrogen and oxygen atoms in total. The number of amides is 1. The van der Waals surface area contributed by atoms with E-state index in [2.05, 4.69) is 15.5 Å². The van der Waals surface area contributed by atoms with E-state index in [9.17, 15) is 9.59 Å². The highest BCUT2D eigenvalue weighted by atomic mass is 35.5. The Morgan fingerprint density at radius 2 is 2.08 bits per heavy atom. The zero-order valence-corrected chi connectivity index (χ0v) is 14.0. The summed E-state index contributed by atoms with van der Waals surface area (Å²) in [5.41, 5.74) is 0.746. The molecule has 0 fully saturated rings. The summed E-state index contributed by atoms with van der Waals surface area (Å²) in [4.78, 5) is 27.1. The number of halogens is 1. The van der Waals surface area contributed by atoms with Crippen molar-refractivity contribution in [2.45, 2.75) is 19.3 Å². The fourth-order valence-corrected chi connectivity index (χ4v) is 1.93. The van der Waals surface area contributed by atoms with E-state index < -0.39 is 11.9 Å². The van der Waals surface area contributed by atoms with E-state index in [0.29, 0.717) is 16.7 Å². The predicted molar refractivity (Wildman–Crippen MR) is 87.3 cm³/mol. The van der Waals surface area contributed by atoms with Gasteiger partial charge in [-0.2, -0.15) is 10.2 Å². The Balaban J connectivity index is 1.74. The molecule has 0 unspecified atom stereocenters. The average Bonchev–Trinajstić information content (AvgIpc) is 3.08. The van der Waals surface area contributed by atoms with Gasteiger partial charge in [0, 0.05) is 23.6 Å². The van der Waals surface area contributed by atoms with Crippen molar-refractivity contribution < 1.29 is 18.8 Å². The van der Waals surface area contributed by atoms with Gasteiger partial charge in [-0.05, 0) is 24.3 Å². The molecule has 0 atom stereocenters. The van der Waals surface area contributed by atoms with Gasteiger partial charge in [-0.1, -0.05) is 16.8 Å². The quantitative estimate of drug-likeness (QED) is 0.562. The lowest BCUT2D eigenvalue weighted by molar-refractivity contribution is -0.148. The van der Waals surface area contributed by atoms with Gasteiger partial charge in [0.05, 0.1) is 18.9 Å². The molecule has 0 bridgehead atoms. The van der Waals surface area contributed by atoms with Gasteiger partial charge in [-0.25, -0.2) is 0 Å². The lowest BCUT2D eigenvalue weighted by Gasteiger charge is -2.04. The summed E-state index contributed by atoms with van der Waals surface area (Å²) < 4.78 is 9.90. The van der Waals surface area contributed by atoms with Gasteiger partial charge in [0.1, 0.15) is 0 Å². The van der Waals surface area contributed by atoms with Crippen LogP contribution in [-0.2, 0) is 20.7 Å². The van der Waals surface area contributed by atoms with Crippen molar-refractivity contribution in [1.82, 2.24) is 15.5 Å². The number of carbonyl (C=O) groups is 2. The van der Waals surface area contributed by atoms with Crippen LogP contribution in [0.4, 0.5) is 0 Å². The van der Waals surface area contributed by atoms with Gasteiger partial charge in [-0.3, -0.25) is 9.59 Å². The van der Waals surface area contributed by atoms with Crippen LogP contribution in [0.15, 0.2) is 28.8 Å². The lowest BCUT2D eigenvalue weighted by atomic mass is 10.2. The third-order valence-corrected chi connectivity index (χ3v) is 3.29. The summed E-state index contributed by atoms with van der Waals surface area (Å²) in [5.74, 6) is -0.314. The van der Waals surface area contributed by atoms with Crippen molar-refractivity contribution in [3.8, 4) is 17.5 Å². The highest BCUT2D eigenvalue weighted by molar-refractivity contribution is 6.30. The third kappa shape index (κ3) is 6.24. The minimum atomic E-state index is -0.554. The van der Waals surface area contributed by atoms with E-state index in [1.807, 2.05) is 6.07 Å². The molecule has 9 heteroatoms. The van der Waals surface area contributed by atoms with Crippen molar-refractivity contribution in [3.63, 3.8) is 0 Å². The number of nitrogens with one attached hydrogen (secondary N) is 1. The minimum absolute atomic E-state index is 0.00767. The van der Waals surface area contributed by atoms with E-state index in [1.165, 1.54) is 0 Å². The molecular formula is C16H15ClN4O4. The van der Waals surface area contributed by atoms with Gasteiger partial charge in [0.15, 0.2) is 6.61 Å². The third-order valence-electron chi connectivity index (χ3n) is 3.04. The number of benzene rings is 1. The van der Waals surface area contributed by atoms with Gasteiger partial charge >= 0.3 is 5.97 Å². The maximum absolute atomic E-state index is 11.6. The summed E-state index contributed by atoms with van der Waals surface area (Å²) in [6, 6.07) is 8.84. The smallest absolute Gasteiger partial charge is 0.306 e. The summed E-state index contributed by atoms with van der Waals surface area (Å²) >= 11 is 5.82. The Bertz CT molecular complexity index is 767. The highest BCUT2D eigenvalue weighted by Gasteiger charge is 2.12. The van der Waals surface area contributed by atoms with Crippen molar-refractivity contribution in [1.29, 1.82) is 5.26 Å². The number of hydrogen-bond donors (Lipinski definition) is 1. The Labute approximate surface area is 148 Å². The van der Waals surface area contributed by atoms with Crippen LogP contribution < -0.4 is 5.32 Å². The molecular weight excluding hydrogens is 348 g/mol. The summed E-state index contributed by atoms with van der Waals surface area (Å²) in [6.07, 6.45) is 0.413. The van der Waals surface area contributed by atoms with Crippen LogP contribution in [0.3, 0.4) is 0 Å². The highest BCUT2D eigenvalue weighted by Crippen LogP contribution is 2.18. The number of carbonyl (C=O) groups excluding carboxylic acids is 2. The Hall–Kier alpha value is -2.92. The molecule has 2 aromatic rings. The Morgan fingerprint density at radius 3 is 2.80 bits per heavy atom. The van der Waals surface area contributed by atoms with Crippen LogP contribution >= 0.6 is 11.6 Å². The molecule has 2 rings (SSSR count). The molecule has 0 aliphatic carbocycles. The van der Waals surface area contributed by atoms with Gasteiger partial charge in [-0.15, -0.1) is 0 Å². The van der Waals surface area contributed by atoms with Crippen LogP contribution in [-0.4, -0.2) is 35.2 Å². The SMILES string of the molecule is N#CCCNC(=O)COC(=O)CCc1nc(-c2ccc(Cl)cc2)no1. The zero-order chi connectivity index (χ0) is 18.1. The van der Waals surface area contributed by atoms with Gasteiger partial charge in [0.25, 0.3) is 5.91 Å². The second-order valence-electron chi connectivity index (χ2n) is 4.94. The first kappa shape index (κ1) is 18.4. The van der Waals surface area contributed by atoms with E-state index in [-0.39, 0.29) is 32.4 Å². The van der Waals surface area contributed by atoms with E-state index in [4.69, 9.17) is 26.1 Å². The van der Waals surface area contributed by atoms with Crippen molar-refractivity contribution >= 4 is 23.5 Å². The van der Waals surface area contributed by atoms with Crippen molar-refractivity contribution in [2.24, 2.45) is 0 Å². The largest absolute Gasteiger partial charge is 0.456 e. The average molecular weight is 363 g/mol. The molecule has 0 aliphatic heterocycles. The van der Waals surface area contributed by atoms with Gasteiger partial charge in [0.2, 0.25) is 11.7 Å². The molecule has 130 valence electrons. The number of aryl methyl sites for hydroxylation is 1. The molecule has 1 N–H and O–H groups in total. The predicted octanol–water partition coefficient (Wildman–Crippen LogP) is 1.90. The standard InChI is InChI=1S/C16H15ClN4O4/c17-12-4-2-11(3-5-12)16-20-14(25-21-16)6-7-15(23)24-10-13(22)19-9-1-8-18/h2-5H,1,6-7,9-10H2,(H,19,22). The number of ether oxygens (including phenoxy) is 1. The molecule has 25 heavy (non-hydrogen) atoms. The number of aromatic nitrogens is 2. The van der Waals surface area contributed by atoms with Crippen molar-refractivity contribution in [3.05, 3.63) is 35.2 Å². The normalized spacial score (nSPS) is 10.1. The Morgan fingerprint density at radius 1 is 1.32 bits per heavy atom. The van der Waals surface area contributed by atoms with E-state index >= 15 is 0 Å². The molecule has 1 amide bonds. The first-order chi connectivity index (χ1) is 12.1. The zero-order valence-electron chi connectivity index (χ0n) is 13.2. The van der Waals surface area contributed by atoms with Crippen LogP contribution in [0.5, 0.6) is 0 Å². The molecule has 0 spiro atoms. The Kier molecular flexibility index (Phi) is 6.92. The maximum Gasteiger partial charge on any atom is 0.306 e. The summed E-state index contributed by atoms with van der Waals surface area (Å²) in [7, 11) is 0. The number of esters is 1. The molecule has 1 aromatic heterocycles. The molecule has 1 heterocycles. The fraction of sp³-hybridized carbons (Fsp3) is 0.312. The fourth-order valence-electron chi connectivity index (χ4n) is 1.81. The molecule has 1 aromatic carbocycles. The van der Waals surface area contributed by atoms with Crippen molar-refractivity contribution in [2.75, 3.05) is 13.2 Å². The first-order valence-corrected chi connectivity index (χ1v) is 7.84. The van der Waals surface area contributed by atoms with Crippen LogP contribution in [0.2, 0.25) is 5.02 Å². The second-order valence-corrected chi connectivity index (χ2v) is 5.37. The molecule has 0 radical (unpaired) electrons. The van der Waals surface area contributed by atoms with Crippen LogP contribution in [0, 0.1) is 11.3 Å². The first-order valence-electron chi connectivity index (χ1n) is 7.46. The minimum Gasteiger partial charge on any atom is -0.456 e. The van der Waals surface area contributed by atoms with E-state index in [1.54, 1.807) is 24.3 Å². The molecule has 0 saturated heterocycles. The number of nitrogens with zero attached hydrogens (tertiary/aromatic N) is 3. The molecule has 0 saturated carbocycles. The lowest BCUT2D eigenvalue weighted by Crippen LogP contribution is -2.29. The number of rotatable bonds is 8. The van der Waals surface area contributed by atoms with Crippen LogP contribution in [0.25, 0.3) is 11.4 Å². The van der Waals surface area contributed by atoms with Gasteiger partial charge < -0.3 is 14.6 Å². The maximum atomic E-state index is 11.6. The molecule has 0 aliphatic rings. The number of hydrogen-bond acceptors (Lipinski definition) is 7. The second kappa shape index (κ2) is 9.39. The van der Waals surface area contributed by atoms with Crippen LogP contribution in [0.1, 0.15) is 18.7 Å².